The molecule has 4 amide bonds. The second-order valence-electron chi connectivity index (χ2n) is 9.35. The third-order valence-electron chi connectivity index (χ3n) is 7.33. The number of hydrogen-bond donors (Lipinski definition) is 2. The number of halogens is 3. The van der Waals surface area contributed by atoms with E-state index in [1.165, 1.54) is 6.92 Å². The van der Waals surface area contributed by atoms with Crippen molar-refractivity contribution in [1.29, 1.82) is 0 Å². The van der Waals surface area contributed by atoms with E-state index < -0.39 is 70.9 Å². The van der Waals surface area contributed by atoms with Gasteiger partial charge in [-0.1, -0.05) is 11.6 Å². The number of phenols is 1. The third-order valence-corrected chi connectivity index (χ3v) is 7.33. The molecule has 4 aliphatic rings. The zero-order chi connectivity index (χ0) is 27.0. The van der Waals surface area contributed by atoms with Crippen LogP contribution in [0.5, 0.6) is 11.5 Å². The van der Waals surface area contributed by atoms with Gasteiger partial charge in [-0.2, -0.15) is 4.90 Å². The number of likely N-dealkylation sites (tertiary alicyclic amines) is 1. The topological polar surface area (TPSA) is 144 Å². The van der Waals surface area contributed by atoms with Crippen LogP contribution in [0.1, 0.15) is 31.2 Å². The molecule has 0 spiro atoms. The van der Waals surface area contributed by atoms with Crippen molar-refractivity contribution in [1.82, 2.24) is 4.90 Å². The van der Waals surface area contributed by atoms with E-state index in [0.717, 1.165) is 24.3 Å². The van der Waals surface area contributed by atoms with Crippen molar-refractivity contribution in [2.24, 2.45) is 23.5 Å². The number of nitrogens with zero attached hydrogens (tertiary/aromatic N) is 1. The molecule has 1 fully saturated rings. The summed E-state index contributed by atoms with van der Waals surface area (Å²) in [7, 11) is 0. The van der Waals surface area contributed by atoms with Crippen LogP contribution >= 0.6 is 0 Å². The number of allylic oxidation sites excluding steroid dienone is 6. The Bertz CT molecular complexity index is 1410. The molecular formula is C25H19F3N2O7. The van der Waals surface area contributed by atoms with Gasteiger partial charge in [-0.25, -0.2) is 4.79 Å². The maximum Gasteiger partial charge on any atom is 0.573 e. The standard InChI is InChI=1S/C25H19F3N2O7/c1-9-6-17(32)15-8-13-11(3-4-12-19(13)23(35)30(22(12)34)24(29)36)18(20(15)21(9)33)14-7-10(2-5-16(14)31)37-25(26,27)28/h2-3,5-7,12-13,18-19,31H,4,8H2,1H3,(H2,29,36)/t12-,13+,18+,19-/m0/s1. The van der Waals surface area contributed by atoms with Gasteiger partial charge >= 0.3 is 12.4 Å². The van der Waals surface area contributed by atoms with Crippen LogP contribution in [0.25, 0.3) is 0 Å². The van der Waals surface area contributed by atoms with E-state index in [4.69, 9.17) is 5.73 Å². The molecule has 37 heavy (non-hydrogen) atoms. The molecule has 4 atom stereocenters. The average molecular weight is 516 g/mol. The number of carbonyl (C=O) groups excluding carboxylic acids is 5. The lowest BCUT2D eigenvalue weighted by atomic mass is 9.59. The Morgan fingerprint density at radius 2 is 1.84 bits per heavy atom. The van der Waals surface area contributed by atoms with Crippen molar-refractivity contribution < 1.29 is 47.0 Å². The molecule has 1 saturated heterocycles. The van der Waals surface area contributed by atoms with Crippen LogP contribution in [0.15, 0.2) is 52.6 Å². The van der Waals surface area contributed by atoms with Gasteiger partial charge in [0.15, 0.2) is 11.6 Å². The van der Waals surface area contributed by atoms with Crippen molar-refractivity contribution in [2.45, 2.75) is 32.0 Å². The van der Waals surface area contributed by atoms with Gasteiger partial charge in [-0.15, -0.1) is 13.2 Å². The molecule has 3 N–H and O–H groups in total. The number of alkyl halides is 3. The van der Waals surface area contributed by atoms with Crippen molar-refractivity contribution in [3.63, 3.8) is 0 Å². The summed E-state index contributed by atoms with van der Waals surface area (Å²) < 4.78 is 42.8. The number of aromatic hydroxyl groups is 1. The highest BCUT2D eigenvalue weighted by Gasteiger charge is 2.57. The van der Waals surface area contributed by atoms with Crippen LogP contribution < -0.4 is 10.5 Å². The second-order valence-corrected chi connectivity index (χ2v) is 9.35. The van der Waals surface area contributed by atoms with Gasteiger partial charge in [0.25, 0.3) is 0 Å². The lowest BCUT2D eigenvalue weighted by molar-refractivity contribution is -0.274. The quantitative estimate of drug-likeness (QED) is 0.349. The molecule has 1 aromatic rings. The molecule has 0 unspecified atom stereocenters. The number of rotatable bonds is 2. The average Bonchev–Trinajstić information content (AvgIpc) is 3.07. The zero-order valence-electron chi connectivity index (χ0n) is 19.2. The molecule has 12 heteroatoms. The van der Waals surface area contributed by atoms with Gasteiger partial charge in [0, 0.05) is 28.2 Å². The molecule has 0 radical (unpaired) electrons. The molecule has 192 valence electrons. The summed E-state index contributed by atoms with van der Waals surface area (Å²) in [5, 5.41) is 10.7. The first-order chi connectivity index (χ1) is 17.3. The Morgan fingerprint density at radius 3 is 2.49 bits per heavy atom. The molecular weight excluding hydrogens is 497 g/mol. The number of ether oxygens (including phenoxy) is 1. The number of urea groups is 1. The first-order valence-corrected chi connectivity index (χ1v) is 11.3. The largest absolute Gasteiger partial charge is 0.573 e. The summed E-state index contributed by atoms with van der Waals surface area (Å²) in [6.07, 6.45) is -2.44. The Balaban J connectivity index is 1.70. The number of ketones is 2. The van der Waals surface area contributed by atoms with E-state index >= 15 is 0 Å². The summed E-state index contributed by atoms with van der Waals surface area (Å²) in [5.74, 6) is -7.86. The van der Waals surface area contributed by atoms with Crippen molar-refractivity contribution in [2.75, 3.05) is 0 Å². The number of imide groups is 3. The number of nitrogens with two attached hydrogens (primary N) is 1. The lowest BCUT2D eigenvalue weighted by Crippen LogP contribution is -2.42. The second kappa shape index (κ2) is 8.15. The van der Waals surface area contributed by atoms with Crippen LogP contribution in [0.2, 0.25) is 0 Å². The number of benzene rings is 1. The van der Waals surface area contributed by atoms with Gasteiger partial charge in [0.2, 0.25) is 11.8 Å². The molecule has 1 heterocycles. The summed E-state index contributed by atoms with van der Waals surface area (Å²) in [4.78, 5) is 64.3. The van der Waals surface area contributed by atoms with Crippen LogP contribution in [0.4, 0.5) is 18.0 Å². The number of Topliss-reactive ketones (excluding diaryl/α,β-unsaturated/α-hetero) is 1. The minimum Gasteiger partial charge on any atom is -0.508 e. The summed E-state index contributed by atoms with van der Waals surface area (Å²) >= 11 is 0. The van der Waals surface area contributed by atoms with Crippen LogP contribution in [-0.2, 0) is 19.2 Å². The minimum atomic E-state index is -5.03. The fraction of sp³-hybridized carbons (Fsp3) is 0.320. The Kier molecular flexibility index (Phi) is 5.39. The molecule has 3 aliphatic carbocycles. The van der Waals surface area contributed by atoms with Gasteiger partial charge in [-0.3, -0.25) is 19.2 Å². The summed E-state index contributed by atoms with van der Waals surface area (Å²) in [6.45, 7) is 1.42. The van der Waals surface area contributed by atoms with E-state index in [0.29, 0.717) is 10.5 Å². The molecule has 0 bridgehead atoms. The molecule has 9 nitrogen and oxygen atoms in total. The zero-order valence-corrected chi connectivity index (χ0v) is 19.2. The molecule has 0 saturated carbocycles. The van der Waals surface area contributed by atoms with Crippen LogP contribution in [0, 0.1) is 17.8 Å². The van der Waals surface area contributed by atoms with Crippen LogP contribution in [0.3, 0.4) is 0 Å². The van der Waals surface area contributed by atoms with E-state index in [-0.39, 0.29) is 35.1 Å². The molecule has 0 aromatic heterocycles. The van der Waals surface area contributed by atoms with E-state index in [1.807, 2.05) is 0 Å². The monoisotopic (exact) mass is 516 g/mol. The molecule has 1 aromatic carbocycles. The van der Waals surface area contributed by atoms with Gasteiger partial charge in [0.1, 0.15) is 11.5 Å². The summed E-state index contributed by atoms with van der Waals surface area (Å²) in [5.41, 5.74) is 5.60. The highest BCUT2D eigenvalue weighted by molar-refractivity contribution is 6.24. The predicted molar refractivity (Wildman–Crippen MR) is 118 cm³/mol. The van der Waals surface area contributed by atoms with Crippen molar-refractivity contribution in [3.05, 3.63) is 58.2 Å². The van der Waals surface area contributed by atoms with E-state index in [9.17, 15) is 42.3 Å². The SMILES string of the molecule is CC1=CC(=O)C2=C(C1=O)[C@@H](c1cc(OC(F)(F)F)ccc1O)C1=CC[C@@H]3C(=O)N(C(N)=O)C(=O)[C@@H]3[C@@H]1C2. The van der Waals surface area contributed by atoms with Gasteiger partial charge < -0.3 is 15.6 Å². The first-order valence-electron chi connectivity index (χ1n) is 11.3. The smallest absolute Gasteiger partial charge is 0.508 e. The Hall–Kier alpha value is -4.22. The van der Waals surface area contributed by atoms with Crippen LogP contribution in [-0.4, -0.2) is 45.8 Å². The number of carbonyl (C=O) groups is 5. The number of primary amides is 1. The normalized spacial score (nSPS) is 27.4. The highest BCUT2D eigenvalue weighted by Crippen LogP contribution is 2.56. The highest BCUT2D eigenvalue weighted by atomic mass is 19.4. The van der Waals surface area contributed by atoms with Gasteiger partial charge in [-0.05, 0) is 50.0 Å². The number of amides is 4. The number of fused-ring (bicyclic) bond motifs is 3. The van der Waals surface area contributed by atoms with Gasteiger partial charge in [0.05, 0.1) is 11.8 Å². The number of hydrogen-bond acceptors (Lipinski definition) is 7. The third kappa shape index (κ3) is 3.74. The predicted octanol–water partition coefficient (Wildman–Crippen LogP) is 2.80. The van der Waals surface area contributed by atoms with E-state index in [2.05, 4.69) is 4.74 Å². The summed E-state index contributed by atoms with van der Waals surface area (Å²) in [6, 6.07) is 1.56. The van der Waals surface area contributed by atoms with Crippen molar-refractivity contribution in [3.8, 4) is 11.5 Å². The Labute approximate surface area is 207 Å². The maximum absolute atomic E-state index is 13.3. The lowest BCUT2D eigenvalue weighted by Gasteiger charge is -2.42. The fourth-order valence-electron chi connectivity index (χ4n) is 5.89. The minimum absolute atomic E-state index is 0.0135. The fourth-order valence-corrected chi connectivity index (χ4v) is 5.89. The van der Waals surface area contributed by atoms with E-state index in [1.54, 1.807) is 6.08 Å². The molecule has 1 aliphatic heterocycles. The molecule has 5 rings (SSSR count). The Morgan fingerprint density at radius 1 is 1.14 bits per heavy atom. The number of phenolic OH excluding ortho intramolecular Hbond substituents is 1. The van der Waals surface area contributed by atoms with Crippen molar-refractivity contribution >= 4 is 29.4 Å². The first kappa shape index (κ1) is 24.5. The maximum atomic E-state index is 13.3.